The van der Waals surface area contributed by atoms with Crippen molar-refractivity contribution in [2.24, 2.45) is 0 Å². The van der Waals surface area contributed by atoms with Crippen molar-refractivity contribution in [2.75, 3.05) is 16.6 Å². The Morgan fingerprint density at radius 1 is 0.812 bits per heavy atom. The lowest BCUT2D eigenvalue weighted by atomic mass is 10.1. The summed E-state index contributed by atoms with van der Waals surface area (Å²) >= 11 is 11.7. The summed E-state index contributed by atoms with van der Waals surface area (Å²) in [6.45, 7) is 2.34. The molecule has 0 radical (unpaired) electrons. The zero-order valence-corrected chi connectivity index (χ0v) is 19.2. The van der Waals surface area contributed by atoms with Gasteiger partial charge in [0.1, 0.15) is 0 Å². The van der Waals surface area contributed by atoms with Crippen molar-refractivity contribution in [1.29, 1.82) is 0 Å². The van der Waals surface area contributed by atoms with Gasteiger partial charge in [-0.25, -0.2) is 8.42 Å². The van der Waals surface area contributed by atoms with Crippen LogP contribution in [-0.2, 0) is 10.0 Å². The maximum absolute atomic E-state index is 12.6. The molecule has 0 heterocycles. The lowest BCUT2D eigenvalue weighted by Gasteiger charge is -2.11. The van der Waals surface area contributed by atoms with Crippen LogP contribution in [0.2, 0.25) is 10.0 Å². The zero-order chi connectivity index (χ0) is 23.3. The molecule has 3 aromatic carbocycles. The molecule has 0 aliphatic heterocycles. The molecule has 3 rings (SSSR count). The van der Waals surface area contributed by atoms with E-state index >= 15 is 0 Å². The number of sulfonamides is 1. The summed E-state index contributed by atoms with van der Waals surface area (Å²) in [4.78, 5) is 24.4. The van der Waals surface area contributed by atoms with E-state index < -0.39 is 15.9 Å². The van der Waals surface area contributed by atoms with Crippen LogP contribution in [0.4, 0.5) is 11.4 Å². The predicted octanol–water partition coefficient (Wildman–Crippen LogP) is 4.80. The summed E-state index contributed by atoms with van der Waals surface area (Å²) in [6, 6.07) is 16.4. The highest BCUT2D eigenvalue weighted by Crippen LogP contribution is 2.26. The van der Waals surface area contributed by atoms with Crippen LogP contribution in [0.25, 0.3) is 0 Å². The molecule has 0 atom stereocenters. The molecule has 0 saturated heterocycles. The Morgan fingerprint density at radius 2 is 1.53 bits per heavy atom. The average molecular weight is 492 g/mol. The van der Waals surface area contributed by atoms with Gasteiger partial charge in [0.2, 0.25) is 0 Å². The first kappa shape index (κ1) is 23.6. The first-order valence-electron chi connectivity index (χ1n) is 9.47. The van der Waals surface area contributed by atoms with Crippen LogP contribution < -0.4 is 15.4 Å². The lowest BCUT2D eigenvalue weighted by Crippen LogP contribution is -2.22. The van der Waals surface area contributed by atoms with E-state index in [1.807, 2.05) is 6.92 Å². The van der Waals surface area contributed by atoms with Gasteiger partial charge in [0.05, 0.1) is 14.9 Å². The molecule has 0 fully saturated rings. The van der Waals surface area contributed by atoms with Crippen LogP contribution in [0.3, 0.4) is 0 Å². The largest absolute Gasteiger partial charge is 0.352 e. The smallest absolute Gasteiger partial charge is 0.261 e. The summed E-state index contributed by atoms with van der Waals surface area (Å²) in [5.41, 5.74) is 1.41. The molecule has 32 heavy (non-hydrogen) atoms. The molecule has 0 spiro atoms. The Kier molecular flexibility index (Phi) is 7.40. The normalized spacial score (nSPS) is 11.0. The van der Waals surface area contributed by atoms with E-state index in [0.29, 0.717) is 17.8 Å². The van der Waals surface area contributed by atoms with E-state index in [2.05, 4.69) is 15.4 Å². The van der Waals surface area contributed by atoms with Gasteiger partial charge in [0.15, 0.2) is 0 Å². The Balaban J connectivity index is 1.73. The SMILES string of the molecule is CCNC(=O)c1ccc(NC(=O)c2cccc(NS(=O)(=O)c3ccc(Cl)c(Cl)c3)c2)cc1. The lowest BCUT2D eigenvalue weighted by molar-refractivity contribution is 0.0955. The summed E-state index contributed by atoms with van der Waals surface area (Å²) in [5.74, 6) is -0.640. The van der Waals surface area contributed by atoms with Crippen LogP contribution in [0.5, 0.6) is 0 Å². The van der Waals surface area contributed by atoms with Gasteiger partial charge in [0, 0.05) is 29.0 Å². The van der Waals surface area contributed by atoms with Crippen molar-refractivity contribution in [3.63, 3.8) is 0 Å². The van der Waals surface area contributed by atoms with Crippen LogP contribution in [-0.4, -0.2) is 26.8 Å². The topological polar surface area (TPSA) is 104 Å². The van der Waals surface area contributed by atoms with E-state index in [0.717, 1.165) is 0 Å². The van der Waals surface area contributed by atoms with Crippen molar-refractivity contribution in [3.8, 4) is 0 Å². The van der Waals surface area contributed by atoms with Gasteiger partial charge in [-0.3, -0.25) is 14.3 Å². The van der Waals surface area contributed by atoms with Crippen LogP contribution >= 0.6 is 23.2 Å². The summed E-state index contributed by atoms with van der Waals surface area (Å²) in [5, 5.41) is 5.76. The molecule has 0 aromatic heterocycles. The standard InChI is InChI=1S/C22H19Cl2N3O4S/c1-2-25-21(28)14-6-8-16(9-7-14)26-22(29)15-4-3-5-17(12-15)27-32(30,31)18-10-11-19(23)20(24)13-18/h3-13,27H,2H2,1H3,(H,25,28)(H,26,29). The van der Waals surface area contributed by atoms with Crippen LogP contribution in [0.15, 0.2) is 71.6 Å². The highest BCUT2D eigenvalue weighted by Gasteiger charge is 2.17. The molecular weight excluding hydrogens is 473 g/mol. The molecule has 3 N–H and O–H groups in total. The van der Waals surface area contributed by atoms with E-state index in [4.69, 9.17) is 23.2 Å². The molecule has 0 aliphatic rings. The minimum atomic E-state index is -3.93. The molecule has 0 saturated carbocycles. The van der Waals surface area contributed by atoms with Gasteiger partial charge in [-0.15, -0.1) is 0 Å². The maximum Gasteiger partial charge on any atom is 0.261 e. The molecule has 10 heteroatoms. The number of nitrogens with one attached hydrogen (secondary N) is 3. The number of benzene rings is 3. The van der Waals surface area contributed by atoms with Gasteiger partial charge >= 0.3 is 0 Å². The number of carbonyl (C=O) groups is 2. The third-order valence-corrected chi connectivity index (χ3v) is 6.44. The highest BCUT2D eigenvalue weighted by molar-refractivity contribution is 7.92. The minimum Gasteiger partial charge on any atom is -0.352 e. The van der Waals surface area contributed by atoms with Crippen LogP contribution in [0.1, 0.15) is 27.6 Å². The van der Waals surface area contributed by atoms with Crippen molar-refractivity contribution in [1.82, 2.24) is 5.32 Å². The van der Waals surface area contributed by atoms with Crippen molar-refractivity contribution in [3.05, 3.63) is 87.9 Å². The molecule has 7 nitrogen and oxygen atoms in total. The van der Waals surface area contributed by atoms with Crippen molar-refractivity contribution in [2.45, 2.75) is 11.8 Å². The van der Waals surface area contributed by atoms with Gasteiger partial charge in [-0.1, -0.05) is 29.3 Å². The van der Waals surface area contributed by atoms with Gasteiger partial charge < -0.3 is 10.6 Å². The Labute approximate surface area is 195 Å². The highest BCUT2D eigenvalue weighted by atomic mass is 35.5. The third kappa shape index (κ3) is 5.79. The average Bonchev–Trinajstić information content (AvgIpc) is 2.76. The Morgan fingerprint density at radius 3 is 2.19 bits per heavy atom. The molecule has 166 valence electrons. The quantitative estimate of drug-likeness (QED) is 0.441. The summed E-state index contributed by atoms with van der Waals surface area (Å²) in [7, 11) is -3.93. The second-order valence-electron chi connectivity index (χ2n) is 6.65. The summed E-state index contributed by atoms with van der Waals surface area (Å²) in [6.07, 6.45) is 0. The number of hydrogen-bond donors (Lipinski definition) is 3. The molecular formula is C22H19Cl2N3O4S. The Hall–Kier alpha value is -3.07. The van der Waals surface area contributed by atoms with Crippen LogP contribution in [0, 0.1) is 0 Å². The third-order valence-electron chi connectivity index (χ3n) is 4.32. The number of anilines is 2. The zero-order valence-electron chi connectivity index (χ0n) is 16.9. The second-order valence-corrected chi connectivity index (χ2v) is 9.15. The molecule has 3 aromatic rings. The fourth-order valence-corrected chi connectivity index (χ4v) is 4.19. The van der Waals surface area contributed by atoms with E-state index in [1.54, 1.807) is 36.4 Å². The van der Waals surface area contributed by atoms with Crippen molar-refractivity contribution >= 4 is 56.4 Å². The molecule has 2 amide bonds. The van der Waals surface area contributed by atoms with E-state index in [-0.39, 0.29) is 32.1 Å². The first-order chi connectivity index (χ1) is 15.2. The number of carbonyl (C=O) groups excluding carboxylic acids is 2. The van der Waals surface area contributed by atoms with E-state index in [9.17, 15) is 18.0 Å². The number of halogens is 2. The molecule has 0 aliphatic carbocycles. The van der Waals surface area contributed by atoms with Crippen molar-refractivity contribution < 1.29 is 18.0 Å². The van der Waals surface area contributed by atoms with Gasteiger partial charge in [0.25, 0.3) is 21.8 Å². The second kappa shape index (κ2) is 10.0. The summed E-state index contributed by atoms with van der Waals surface area (Å²) < 4.78 is 27.7. The molecule has 0 unspecified atom stereocenters. The predicted molar refractivity (Wildman–Crippen MR) is 126 cm³/mol. The minimum absolute atomic E-state index is 0.0612. The number of amides is 2. The fraction of sp³-hybridized carbons (Fsp3) is 0.0909. The Bertz CT molecular complexity index is 1260. The van der Waals surface area contributed by atoms with E-state index in [1.165, 1.54) is 30.3 Å². The monoisotopic (exact) mass is 491 g/mol. The fourth-order valence-electron chi connectivity index (χ4n) is 2.75. The maximum atomic E-state index is 12.6. The number of hydrogen-bond acceptors (Lipinski definition) is 4. The molecule has 0 bridgehead atoms. The van der Waals surface area contributed by atoms with Gasteiger partial charge in [-0.05, 0) is 67.6 Å². The number of rotatable bonds is 7. The first-order valence-corrected chi connectivity index (χ1v) is 11.7. The van der Waals surface area contributed by atoms with Gasteiger partial charge in [-0.2, -0.15) is 0 Å².